The average molecular weight is 404 g/mol. The number of morpholine rings is 1. The van der Waals surface area contributed by atoms with E-state index in [0.717, 1.165) is 16.9 Å². The number of carbonyl (C=O) groups is 2. The van der Waals surface area contributed by atoms with Crippen molar-refractivity contribution in [2.24, 2.45) is 0 Å². The second-order valence-electron chi connectivity index (χ2n) is 7.18. The predicted octanol–water partition coefficient (Wildman–Crippen LogP) is 2.52. The van der Waals surface area contributed by atoms with Crippen LogP contribution in [0.4, 0.5) is 0 Å². The Kier molecular flexibility index (Phi) is 5.90. The number of ether oxygens (including phenoxy) is 1. The Labute approximate surface area is 175 Å². The molecular weight excluding hydrogens is 380 g/mol. The Bertz CT molecular complexity index is 1030. The van der Waals surface area contributed by atoms with Gasteiger partial charge < -0.3 is 15.0 Å². The van der Waals surface area contributed by atoms with Crippen LogP contribution in [0.25, 0.3) is 16.9 Å². The Morgan fingerprint density at radius 1 is 1.03 bits per heavy atom. The quantitative estimate of drug-likeness (QED) is 0.709. The first-order valence-corrected chi connectivity index (χ1v) is 10.0. The number of benzene rings is 2. The van der Waals surface area contributed by atoms with Gasteiger partial charge in [-0.1, -0.05) is 36.4 Å². The first-order valence-electron chi connectivity index (χ1n) is 10.0. The molecule has 7 nitrogen and oxygen atoms in total. The van der Waals surface area contributed by atoms with Crippen molar-refractivity contribution >= 4 is 11.8 Å². The van der Waals surface area contributed by atoms with Crippen LogP contribution in [0.5, 0.6) is 0 Å². The topological polar surface area (TPSA) is 76.5 Å². The minimum atomic E-state index is -0.608. The van der Waals surface area contributed by atoms with Gasteiger partial charge in [0.1, 0.15) is 6.04 Å². The van der Waals surface area contributed by atoms with Crippen molar-refractivity contribution in [2.45, 2.75) is 13.0 Å². The van der Waals surface area contributed by atoms with E-state index in [0.29, 0.717) is 31.9 Å². The number of hydrogen-bond acceptors (Lipinski definition) is 4. The van der Waals surface area contributed by atoms with Crippen molar-refractivity contribution in [3.63, 3.8) is 0 Å². The zero-order chi connectivity index (χ0) is 20.9. The van der Waals surface area contributed by atoms with E-state index in [9.17, 15) is 9.59 Å². The van der Waals surface area contributed by atoms with Crippen LogP contribution in [-0.4, -0.2) is 58.8 Å². The number of carbonyl (C=O) groups excluding carboxylic acids is 2. The molecular formula is C23H24N4O3. The summed E-state index contributed by atoms with van der Waals surface area (Å²) in [6.07, 6.45) is 1.73. The smallest absolute Gasteiger partial charge is 0.251 e. The van der Waals surface area contributed by atoms with E-state index in [1.165, 1.54) is 0 Å². The lowest BCUT2D eigenvalue weighted by molar-refractivity contribution is -0.136. The molecule has 1 N–H and O–H groups in total. The van der Waals surface area contributed by atoms with Crippen LogP contribution in [0.2, 0.25) is 0 Å². The Hall–Kier alpha value is -3.45. The summed E-state index contributed by atoms with van der Waals surface area (Å²) < 4.78 is 7.08. The monoisotopic (exact) mass is 404 g/mol. The van der Waals surface area contributed by atoms with Crippen LogP contribution in [0.3, 0.4) is 0 Å². The Balaban J connectivity index is 1.51. The van der Waals surface area contributed by atoms with Crippen molar-refractivity contribution in [3.8, 4) is 16.9 Å². The molecule has 0 bridgehead atoms. The van der Waals surface area contributed by atoms with Crippen LogP contribution in [0.1, 0.15) is 17.3 Å². The van der Waals surface area contributed by atoms with E-state index < -0.39 is 6.04 Å². The summed E-state index contributed by atoms with van der Waals surface area (Å²) in [6.45, 7) is 3.87. The van der Waals surface area contributed by atoms with Gasteiger partial charge in [0.05, 0.1) is 30.8 Å². The number of aromatic nitrogens is 2. The molecule has 1 aromatic heterocycles. The number of nitrogens with zero attached hydrogens (tertiary/aromatic N) is 3. The molecule has 0 aliphatic carbocycles. The number of rotatable bonds is 5. The van der Waals surface area contributed by atoms with Gasteiger partial charge in [-0.3, -0.25) is 9.59 Å². The molecule has 1 fully saturated rings. The fourth-order valence-corrected chi connectivity index (χ4v) is 3.51. The van der Waals surface area contributed by atoms with Crippen molar-refractivity contribution < 1.29 is 14.3 Å². The highest BCUT2D eigenvalue weighted by Gasteiger charge is 2.24. The lowest BCUT2D eigenvalue weighted by Crippen LogP contribution is -2.50. The normalized spacial score (nSPS) is 14.9. The highest BCUT2D eigenvalue weighted by molar-refractivity contribution is 5.97. The highest BCUT2D eigenvalue weighted by Crippen LogP contribution is 2.22. The molecule has 1 aliphatic rings. The zero-order valence-corrected chi connectivity index (χ0v) is 16.8. The Morgan fingerprint density at radius 3 is 2.57 bits per heavy atom. The molecule has 0 spiro atoms. The molecule has 30 heavy (non-hydrogen) atoms. The van der Waals surface area contributed by atoms with Gasteiger partial charge >= 0.3 is 0 Å². The molecule has 4 rings (SSSR count). The molecule has 1 aliphatic heterocycles. The lowest BCUT2D eigenvalue weighted by Gasteiger charge is -2.29. The van der Waals surface area contributed by atoms with Gasteiger partial charge in [0.2, 0.25) is 5.91 Å². The van der Waals surface area contributed by atoms with Gasteiger partial charge in [-0.25, -0.2) is 4.68 Å². The second-order valence-corrected chi connectivity index (χ2v) is 7.18. The van der Waals surface area contributed by atoms with Crippen LogP contribution >= 0.6 is 0 Å². The van der Waals surface area contributed by atoms with E-state index in [-0.39, 0.29) is 11.8 Å². The molecule has 0 saturated carbocycles. The molecule has 7 heteroatoms. The van der Waals surface area contributed by atoms with Gasteiger partial charge in [-0.15, -0.1) is 0 Å². The van der Waals surface area contributed by atoms with E-state index >= 15 is 0 Å². The molecule has 154 valence electrons. The van der Waals surface area contributed by atoms with Crippen LogP contribution in [0, 0.1) is 0 Å². The molecule has 1 saturated heterocycles. The minimum Gasteiger partial charge on any atom is -0.378 e. The molecule has 2 aromatic carbocycles. The average Bonchev–Trinajstić information content (AvgIpc) is 3.30. The molecule has 3 aromatic rings. The van der Waals surface area contributed by atoms with E-state index in [2.05, 4.69) is 10.4 Å². The molecule has 2 amide bonds. The highest BCUT2D eigenvalue weighted by atomic mass is 16.5. The van der Waals surface area contributed by atoms with Crippen LogP contribution in [-0.2, 0) is 9.53 Å². The summed E-state index contributed by atoms with van der Waals surface area (Å²) in [5.74, 6) is -0.388. The summed E-state index contributed by atoms with van der Waals surface area (Å²) in [5.41, 5.74) is 3.22. The van der Waals surface area contributed by atoms with Crippen molar-refractivity contribution in [3.05, 3.63) is 72.4 Å². The van der Waals surface area contributed by atoms with Gasteiger partial charge in [0.15, 0.2) is 0 Å². The molecule has 0 radical (unpaired) electrons. The van der Waals surface area contributed by atoms with Crippen molar-refractivity contribution in [1.82, 2.24) is 20.0 Å². The zero-order valence-electron chi connectivity index (χ0n) is 16.8. The summed E-state index contributed by atoms with van der Waals surface area (Å²) >= 11 is 0. The number of amides is 2. The summed E-state index contributed by atoms with van der Waals surface area (Å²) in [7, 11) is 0. The maximum Gasteiger partial charge on any atom is 0.251 e. The SMILES string of the molecule is CC(NC(=O)c1cccc(-n2nccc2-c2ccccc2)c1)C(=O)N1CCOCC1. The molecule has 1 unspecified atom stereocenters. The third kappa shape index (κ3) is 4.26. The third-order valence-electron chi connectivity index (χ3n) is 5.11. The fourth-order valence-electron chi connectivity index (χ4n) is 3.51. The Morgan fingerprint density at radius 2 is 1.80 bits per heavy atom. The van der Waals surface area contributed by atoms with Crippen LogP contribution < -0.4 is 5.32 Å². The predicted molar refractivity (Wildman–Crippen MR) is 113 cm³/mol. The number of nitrogens with one attached hydrogen (secondary N) is 1. The van der Waals surface area contributed by atoms with E-state index in [1.54, 1.807) is 34.8 Å². The largest absolute Gasteiger partial charge is 0.378 e. The maximum atomic E-state index is 12.8. The fraction of sp³-hybridized carbons (Fsp3) is 0.261. The lowest BCUT2D eigenvalue weighted by atomic mass is 10.1. The molecule has 2 heterocycles. The van der Waals surface area contributed by atoms with E-state index in [1.807, 2.05) is 48.5 Å². The summed E-state index contributed by atoms with van der Waals surface area (Å²) in [4.78, 5) is 27.1. The van der Waals surface area contributed by atoms with Crippen molar-refractivity contribution in [2.75, 3.05) is 26.3 Å². The standard InChI is InChI=1S/C23H24N4O3/c1-17(23(29)26-12-14-30-15-13-26)25-22(28)19-8-5-9-20(16-19)27-21(10-11-24-27)18-6-3-2-4-7-18/h2-11,16-17H,12-15H2,1H3,(H,25,28). The first-order chi connectivity index (χ1) is 14.6. The van der Waals surface area contributed by atoms with Gasteiger partial charge in [-0.05, 0) is 31.2 Å². The van der Waals surface area contributed by atoms with Crippen molar-refractivity contribution in [1.29, 1.82) is 0 Å². The van der Waals surface area contributed by atoms with E-state index in [4.69, 9.17) is 4.74 Å². The third-order valence-corrected chi connectivity index (χ3v) is 5.11. The number of hydrogen-bond donors (Lipinski definition) is 1. The second kappa shape index (κ2) is 8.92. The van der Waals surface area contributed by atoms with Gasteiger partial charge in [0.25, 0.3) is 5.91 Å². The summed E-state index contributed by atoms with van der Waals surface area (Å²) in [6, 6.07) is 18.5. The van der Waals surface area contributed by atoms with Gasteiger partial charge in [-0.2, -0.15) is 5.10 Å². The first kappa shape index (κ1) is 19.8. The van der Waals surface area contributed by atoms with Crippen LogP contribution in [0.15, 0.2) is 66.9 Å². The summed E-state index contributed by atoms with van der Waals surface area (Å²) in [5, 5.41) is 7.24. The van der Waals surface area contributed by atoms with Gasteiger partial charge in [0, 0.05) is 24.2 Å². The maximum absolute atomic E-state index is 12.8. The minimum absolute atomic E-state index is 0.0961. The molecule has 1 atom stereocenters.